The summed E-state index contributed by atoms with van der Waals surface area (Å²) in [6, 6.07) is -0.934. The van der Waals surface area contributed by atoms with Gasteiger partial charge in [-0.2, -0.15) is 0 Å². The summed E-state index contributed by atoms with van der Waals surface area (Å²) in [5, 5.41) is 8.68. The number of thiocarbonyl (C=S) groups is 1. The Morgan fingerprint density at radius 3 is 2.92 bits per heavy atom. The highest BCUT2D eigenvalue weighted by atomic mass is 32.1. The van der Waals surface area contributed by atoms with Gasteiger partial charge in [-0.1, -0.05) is 0 Å². The Kier molecular flexibility index (Phi) is 2.61. The van der Waals surface area contributed by atoms with Gasteiger partial charge in [-0.05, 0) is 12.2 Å². The van der Waals surface area contributed by atoms with Gasteiger partial charge in [-0.25, -0.2) is 9.98 Å². The first-order valence-corrected chi connectivity index (χ1v) is 3.64. The van der Waals surface area contributed by atoms with Crippen LogP contribution in [-0.4, -0.2) is 34.2 Å². The molecule has 0 spiro atoms. The van der Waals surface area contributed by atoms with E-state index in [0.717, 1.165) is 0 Å². The van der Waals surface area contributed by atoms with E-state index in [1.807, 2.05) is 0 Å². The van der Waals surface area contributed by atoms with Gasteiger partial charge in [0.15, 0.2) is 0 Å². The summed E-state index contributed by atoms with van der Waals surface area (Å²) in [5.74, 6) is -1.05. The van der Waals surface area contributed by atoms with Crippen molar-refractivity contribution in [2.45, 2.75) is 12.5 Å². The molecule has 0 aromatic heterocycles. The van der Waals surface area contributed by atoms with Gasteiger partial charge in [0.1, 0.15) is 6.04 Å². The van der Waals surface area contributed by atoms with Gasteiger partial charge in [-0.15, -0.1) is 0 Å². The van der Waals surface area contributed by atoms with Crippen molar-refractivity contribution in [3.05, 3.63) is 0 Å². The van der Waals surface area contributed by atoms with E-state index >= 15 is 0 Å². The van der Waals surface area contributed by atoms with E-state index in [2.05, 4.69) is 22.2 Å². The summed E-state index contributed by atoms with van der Waals surface area (Å²) in [6.07, 6.45) is 1.60. The second kappa shape index (κ2) is 3.51. The lowest BCUT2D eigenvalue weighted by Crippen LogP contribution is -2.32. The van der Waals surface area contributed by atoms with Crippen molar-refractivity contribution < 1.29 is 9.90 Å². The monoisotopic (exact) mass is 185 g/mol. The van der Waals surface area contributed by atoms with Crippen molar-refractivity contribution in [3.63, 3.8) is 0 Å². The molecule has 1 atom stereocenters. The molecule has 0 aliphatic carbocycles. The molecule has 1 heterocycles. The number of aliphatic carboxylic acids is 1. The van der Waals surface area contributed by atoms with Crippen molar-refractivity contribution in [1.82, 2.24) is 0 Å². The highest BCUT2D eigenvalue weighted by molar-refractivity contribution is 7.80. The Balaban J connectivity index is 2.53. The minimum absolute atomic E-state index is 0.166. The van der Waals surface area contributed by atoms with Crippen LogP contribution >= 0.6 is 12.2 Å². The van der Waals surface area contributed by atoms with Crippen LogP contribution in [0.15, 0.2) is 9.98 Å². The predicted molar refractivity (Wildman–Crippen MR) is 48.8 cm³/mol. The smallest absolute Gasteiger partial charge is 0.320 e. The van der Waals surface area contributed by atoms with Crippen molar-refractivity contribution in [2.24, 2.45) is 15.7 Å². The number of carboxylic acid groups (broad SMARTS) is 1. The zero-order valence-electron chi connectivity index (χ0n) is 6.10. The highest BCUT2D eigenvalue weighted by Gasteiger charge is 2.15. The molecule has 5 nitrogen and oxygen atoms in total. The van der Waals surface area contributed by atoms with Crippen molar-refractivity contribution >= 4 is 35.2 Å². The molecule has 1 rings (SSSR count). The standard InChI is InChI=1S/C6H7N3O2S/c7-4(5(10)11)1-3-2-8-6(12)9-3/h2,4H,1,7H2,(H,10,11). The molecule has 0 amide bonds. The normalized spacial score (nSPS) is 17.8. The number of carbonyl (C=O) groups is 1. The molecule has 64 valence electrons. The summed E-state index contributed by atoms with van der Waals surface area (Å²) in [6.45, 7) is 0. The van der Waals surface area contributed by atoms with E-state index < -0.39 is 12.0 Å². The molecule has 0 saturated heterocycles. The molecule has 0 saturated carbocycles. The third kappa shape index (κ3) is 2.18. The first-order valence-electron chi connectivity index (χ1n) is 3.23. The lowest BCUT2D eigenvalue weighted by Gasteiger charge is -2.02. The summed E-state index contributed by atoms with van der Waals surface area (Å²) < 4.78 is 0. The average molecular weight is 185 g/mol. The van der Waals surface area contributed by atoms with Crippen LogP contribution in [0.25, 0.3) is 0 Å². The molecule has 12 heavy (non-hydrogen) atoms. The molecular weight excluding hydrogens is 178 g/mol. The van der Waals surface area contributed by atoms with Crippen LogP contribution in [0, 0.1) is 0 Å². The zero-order chi connectivity index (χ0) is 9.14. The number of carboxylic acids is 1. The second-order valence-electron chi connectivity index (χ2n) is 2.29. The van der Waals surface area contributed by atoms with Crippen LogP contribution in [0.5, 0.6) is 0 Å². The molecule has 1 aliphatic heterocycles. The number of hydrogen-bond donors (Lipinski definition) is 2. The number of nitrogens with zero attached hydrogens (tertiary/aromatic N) is 2. The lowest BCUT2D eigenvalue weighted by molar-refractivity contribution is -0.138. The Hall–Kier alpha value is -1.14. The van der Waals surface area contributed by atoms with E-state index in [-0.39, 0.29) is 11.5 Å². The number of aliphatic imine (C=N–C) groups is 2. The third-order valence-corrected chi connectivity index (χ3v) is 1.51. The van der Waals surface area contributed by atoms with Crippen LogP contribution in [0.3, 0.4) is 0 Å². The average Bonchev–Trinajstić information content (AvgIpc) is 2.35. The highest BCUT2D eigenvalue weighted by Crippen LogP contribution is 1.99. The number of rotatable bonds is 3. The minimum atomic E-state index is -1.05. The van der Waals surface area contributed by atoms with Gasteiger partial charge in [0.2, 0.25) is 5.11 Å². The molecule has 0 aromatic rings. The molecule has 1 aliphatic rings. The first kappa shape index (κ1) is 8.95. The Bertz CT molecular complexity index is 285. The number of hydrogen-bond acceptors (Lipinski definition) is 3. The molecular formula is C6H7N3O2S. The largest absolute Gasteiger partial charge is 0.480 e. The van der Waals surface area contributed by atoms with Gasteiger partial charge in [0, 0.05) is 6.42 Å². The van der Waals surface area contributed by atoms with Crippen LogP contribution in [0.1, 0.15) is 6.42 Å². The van der Waals surface area contributed by atoms with Crippen LogP contribution in [-0.2, 0) is 4.79 Å². The SMILES string of the molecule is NC(CC1=NC(=S)N=C1)C(=O)O. The van der Waals surface area contributed by atoms with E-state index in [9.17, 15) is 4.79 Å². The molecule has 0 bridgehead atoms. The maximum atomic E-state index is 10.3. The van der Waals surface area contributed by atoms with Crippen molar-refractivity contribution in [3.8, 4) is 0 Å². The van der Waals surface area contributed by atoms with Crippen LogP contribution < -0.4 is 5.73 Å². The summed E-state index contributed by atoms with van der Waals surface area (Å²) >= 11 is 4.64. The predicted octanol–water partition coefficient (Wildman–Crippen LogP) is -0.401. The third-order valence-electron chi connectivity index (χ3n) is 1.31. The summed E-state index contributed by atoms with van der Waals surface area (Å²) in [7, 11) is 0. The van der Waals surface area contributed by atoms with Crippen molar-refractivity contribution in [1.29, 1.82) is 0 Å². The second-order valence-corrected chi connectivity index (χ2v) is 2.66. The van der Waals surface area contributed by atoms with E-state index in [1.165, 1.54) is 6.21 Å². The Morgan fingerprint density at radius 1 is 1.83 bits per heavy atom. The lowest BCUT2D eigenvalue weighted by atomic mass is 10.1. The summed E-state index contributed by atoms with van der Waals surface area (Å²) in [5.41, 5.74) is 5.78. The van der Waals surface area contributed by atoms with E-state index in [0.29, 0.717) is 5.71 Å². The Morgan fingerprint density at radius 2 is 2.50 bits per heavy atom. The molecule has 1 unspecified atom stereocenters. The fourth-order valence-electron chi connectivity index (χ4n) is 0.721. The van der Waals surface area contributed by atoms with Gasteiger partial charge in [0.05, 0.1) is 11.9 Å². The maximum absolute atomic E-state index is 10.3. The van der Waals surface area contributed by atoms with Gasteiger partial charge in [0.25, 0.3) is 0 Å². The molecule has 0 aromatic carbocycles. The molecule has 6 heteroatoms. The topological polar surface area (TPSA) is 88.0 Å². The van der Waals surface area contributed by atoms with Crippen LogP contribution in [0.2, 0.25) is 0 Å². The van der Waals surface area contributed by atoms with Crippen molar-refractivity contribution in [2.75, 3.05) is 0 Å². The first-order chi connectivity index (χ1) is 5.59. The molecule has 3 N–H and O–H groups in total. The van der Waals surface area contributed by atoms with E-state index in [1.54, 1.807) is 0 Å². The molecule has 0 fully saturated rings. The molecule has 0 radical (unpaired) electrons. The van der Waals surface area contributed by atoms with Gasteiger partial charge in [-0.3, -0.25) is 4.79 Å². The van der Waals surface area contributed by atoms with E-state index in [4.69, 9.17) is 10.8 Å². The zero-order valence-corrected chi connectivity index (χ0v) is 6.91. The fraction of sp³-hybridized carbons (Fsp3) is 0.333. The summed E-state index contributed by atoms with van der Waals surface area (Å²) in [4.78, 5) is 17.8. The van der Waals surface area contributed by atoms with Gasteiger partial charge < -0.3 is 10.8 Å². The quantitative estimate of drug-likeness (QED) is 0.585. The number of nitrogens with two attached hydrogens (primary N) is 1. The fourth-order valence-corrected chi connectivity index (χ4v) is 0.891. The maximum Gasteiger partial charge on any atom is 0.320 e. The minimum Gasteiger partial charge on any atom is -0.480 e. The Labute approximate surface area is 74.0 Å². The van der Waals surface area contributed by atoms with Crippen LogP contribution in [0.4, 0.5) is 0 Å². The van der Waals surface area contributed by atoms with Gasteiger partial charge >= 0.3 is 5.97 Å².